The van der Waals surface area contributed by atoms with Crippen LogP contribution >= 0.6 is 0 Å². The molecule has 0 saturated heterocycles. The number of aliphatic imine (C=N–C) groups is 1. The monoisotopic (exact) mass is 366 g/mol. The zero-order chi connectivity index (χ0) is 19.1. The molecule has 1 aliphatic heterocycles. The van der Waals surface area contributed by atoms with Crippen LogP contribution in [0.25, 0.3) is 11.3 Å². The van der Waals surface area contributed by atoms with Gasteiger partial charge in [0, 0.05) is 30.9 Å². The lowest BCUT2D eigenvalue weighted by Gasteiger charge is -2.11. The van der Waals surface area contributed by atoms with Gasteiger partial charge in [0.25, 0.3) is 11.8 Å². The molecule has 0 aliphatic carbocycles. The lowest BCUT2D eigenvalue weighted by atomic mass is 10.1. The molecule has 0 radical (unpaired) electrons. The quantitative estimate of drug-likeness (QED) is 0.567. The third kappa shape index (κ3) is 4.75. The van der Waals surface area contributed by atoms with Crippen molar-refractivity contribution in [3.63, 3.8) is 0 Å². The molecule has 1 aromatic heterocycles. The van der Waals surface area contributed by atoms with Gasteiger partial charge in [-0.05, 0) is 12.5 Å². The molecule has 3 rings (SSSR count). The standard InChI is InChI=1S/C19H18N4O4/c24-17-14(8-4-9-20-17)18(25)21-10-5-11-22-19(26)15-12-16(27-23-15)13-6-2-1-3-7-13/h1-4,6-9,12,14H,5,10-11H2,(H,21,25)(H,22,26). The van der Waals surface area contributed by atoms with Gasteiger partial charge in [0.2, 0.25) is 5.91 Å². The molecular formula is C19H18N4O4. The molecule has 1 unspecified atom stereocenters. The van der Waals surface area contributed by atoms with Gasteiger partial charge in [-0.2, -0.15) is 0 Å². The summed E-state index contributed by atoms with van der Waals surface area (Å²) in [5, 5.41) is 9.13. The summed E-state index contributed by atoms with van der Waals surface area (Å²) in [7, 11) is 0. The average Bonchev–Trinajstić information content (AvgIpc) is 3.19. The number of carbonyl (C=O) groups is 3. The maximum absolute atomic E-state index is 12.1. The molecule has 1 aliphatic rings. The Labute approximate surface area is 155 Å². The van der Waals surface area contributed by atoms with Gasteiger partial charge in [-0.15, -0.1) is 0 Å². The molecule has 2 aromatic rings. The highest BCUT2D eigenvalue weighted by molar-refractivity contribution is 6.07. The topological polar surface area (TPSA) is 114 Å². The number of amides is 3. The van der Waals surface area contributed by atoms with Crippen LogP contribution in [0.2, 0.25) is 0 Å². The summed E-state index contributed by atoms with van der Waals surface area (Å²) >= 11 is 0. The molecule has 27 heavy (non-hydrogen) atoms. The number of hydrogen-bond acceptors (Lipinski definition) is 5. The van der Waals surface area contributed by atoms with Crippen molar-refractivity contribution >= 4 is 23.9 Å². The number of carbonyl (C=O) groups excluding carboxylic acids is 3. The van der Waals surface area contributed by atoms with Gasteiger partial charge in [0.05, 0.1) is 0 Å². The summed E-state index contributed by atoms with van der Waals surface area (Å²) in [6, 6.07) is 10.9. The van der Waals surface area contributed by atoms with Gasteiger partial charge in [-0.1, -0.05) is 41.6 Å². The molecule has 1 atom stereocenters. The zero-order valence-corrected chi connectivity index (χ0v) is 14.4. The fourth-order valence-electron chi connectivity index (χ4n) is 2.46. The van der Waals surface area contributed by atoms with Crippen molar-refractivity contribution < 1.29 is 18.9 Å². The van der Waals surface area contributed by atoms with Gasteiger partial charge >= 0.3 is 0 Å². The Balaban J connectivity index is 1.39. The summed E-state index contributed by atoms with van der Waals surface area (Å²) in [5.41, 5.74) is 1.02. The van der Waals surface area contributed by atoms with E-state index in [1.54, 1.807) is 12.1 Å². The second-order valence-corrected chi connectivity index (χ2v) is 5.82. The second-order valence-electron chi connectivity index (χ2n) is 5.82. The summed E-state index contributed by atoms with van der Waals surface area (Å²) in [6.07, 6.45) is 4.93. The molecular weight excluding hydrogens is 348 g/mol. The second kappa shape index (κ2) is 8.70. The number of rotatable bonds is 7. The van der Waals surface area contributed by atoms with E-state index in [0.29, 0.717) is 25.3 Å². The first kappa shape index (κ1) is 18.2. The molecule has 0 fully saturated rings. The van der Waals surface area contributed by atoms with Crippen LogP contribution in [-0.2, 0) is 9.59 Å². The fraction of sp³-hybridized carbons (Fsp3) is 0.211. The van der Waals surface area contributed by atoms with E-state index >= 15 is 0 Å². The van der Waals surface area contributed by atoms with Crippen molar-refractivity contribution in [3.05, 3.63) is 54.2 Å². The van der Waals surface area contributed by atoms with E-state index in [2.05, 4.69) is 20.8 Å². The zero-order valence-electron chi connectivity index (χ0n) is 14.4. The number of allylic oxidation sites excluding steroid dienone is 1. The lowest BCUT2D eigenvalue weighted by molar-refractivity contribution is -0.131. The molecule has 2 N–H and O–H groups in total. The van der Waals surface area contributed by atoms with Gasteiger partial charge in [-0.3, -0.25) is 14.4 Å². The lowest BCUT2D eigenvalue weighted by Crippen LogP contribution is -2.36. The van der Waals surface area contributed by atoms with Gasteiger partial charge in [-0.25, -0.2) is 4.99 Å². The van der Waals surface area contributed by atoms with Crippen LogP contribution in [0.5, 0.6) is 0 Å². The van der Waals surface area contributed by atoms with E-state index in [-0.39, 0.29) is 11.6 Å². The number of nitrogens with one attached hydrogen (secondary N) is 2. The maximum Gasteiger partial charge on any atom is 0.273 e. The Morgan fingerprint density at radius 1 is 1.11 bits per heavy atom. The number of hydrogen-bond donors (Lipinski definition) is 2. The summed E-state index contributed by atoms with van der Waals surface area (Å²) < 4.78 is 5.19. The molecule has 1 aromatic carbocycles. The molecule has 3 amide bonds. The Bertz CT molecular complexity index is 886. The minimum absolute atomic E-state index is 0.189. The molecule has 0 spiro atoms. The largest absolute Gasteiger partial charge is 0.355 e. The number of benzene rings is 1. The first-order valence-corrected chi connectivity index (χ1v) is 8.48. The van der Waals surface area contributed by atoms with E-state index in [0.717, 1.165) is 5.56 Å². The molecule has 8 nitrogen and oxygen atoms in total. The van der Waals surface area contributed by atoms with Gasteiger partial charge < -0.3 is 15.2 Å². The van der Waals surface area contributed by atoms with Crippen LogP contribution in [0.3, 0.4) is 0 Å². The minimum Gasteiger partial charge on any atom is -0.355 e. The molecule has 0 saturated carbocycles. The van der Waals surface area contributed by atoms with Crippen LogP contribution in [0, 0.1) is 5.92 Å². The van der Waals surface area contributed by atoms with Gasteiger partial charge in [0.1, 0.15) is 5.92 Å². The predicted molar refractivity (Wildman–Crippen MR) is 98.0 cm³/mol. The SMILES string of the molecule is O=C(NCCCNC(=O)C1C=CC=NC1=O)c1cc(-c2ccccc2)on1. The van der Waals surface area contributed by atoms with Gasteiger partial charge in [0.15, 0.2) is 11.5 Å². The van der Waals surface area contributed by atoms with Crippen molar-refractivity contribution in [2.75, 3.05) is 13.1 Å². The summed E-state index contributed by atoms with van der Waals surface area (Å²) in [5.74, 6) is -1.60. The average molecular weight is 366 g/mol. The van der Waals surface area contributed by atoms with E-state index < -0.39 is 17.7 Å². The van der Waals surface area contributed by atoms with E-state index in [1.807, 2.05) is 30.3 Å². The smallest absolute Gasteiger partial charge is 0.273 e. The summed E-state index contributed by atoms with van der Waals surface area (Å²) in [6.45, 7) is 0.674. The van der Waals surface area contributed by atoms with Crippen molar-refractivity contribution in [2.24, 2.45) is 10.9 Å². The van der Waals surface area contributed by atoms with E-state index in [4.69, 9.17) is 4.52 Å². The van der Waals surface area contributed by atoms with Crippen molar-refractivity contribution in [1.29, 1.82) is 0 Å². The normalized spacial score (nSPS) is 15.6. The first-order chi connectivity index (χ1) is 13.1. The third-order valence-corrected chi connectivity index (χ3v) is 3.88. The predicted octanol–water partition coefficient (Wildman–Crippen LogP) is 1.36. The Morgan fingerprint density at radius 2 is 1.89 bits per heavy atom. The van der Waals surface area contributed by atoms with E-state index in [9.17, 15) is 14.4 Å². The van der Waals surface area contributed by atoms with Crippen molar-refractivity contribution in [1.82, 2.24) is 15.8 Å². The number of nitrogens with zero attached hydrogens (tertiary/aromatic N) is 2. The maximum atomic E-state index is 12.1. The summed E-state index contributed by atoms with van der Waals surface area (Å²) in [4.78, 5) is 39.0. The fourth-order valence-corrected chi connectivity index (χ4v) is 2.46. The molecule has 2 heterocycles. The highest BCUT2D eigenvalue weighted by Gasteiger charge is 2.24. The van der Waals surface area contributed by atoms with Crippen LogP contribution in [0.1, 0.15) is 16.9 Å². The molecule has 8 heteroatoms. The highest BCUT2D eigenvalue weighted by Crippen LogP contribution is 2.19. The van der Waals surface area contributed by atoms with E-state index in [1.165, 1.54) is 12.3 Å². The van der Waals surface area contributed by atoms with Crippen LogP contribution in [0.15, 0.2) is 58.1 Å². The van der Waals surface area contributed by atoms with Crippen LogP contribution in [0.4, 0.5) is 0 Å². The highest BCUT2D eigenvalue weighted by atomic mass is 16.5. The first-order valence-electron chi connectivity index (χ1n) is 8.48. The number of aromatic nitrogens is 1. The molecule has 138 valence electrons. The Morgan fingerprint density at radius 3 is 2.67 bits per heavy atom. The van der Waals surface area contributed by atoms with Crippen LogP contribution < -0.4 is 10.6 Å². The Hall–Kier alpha value is -3.55. The van der Waals surface area contributed by atoms with Crippen molar-refractivity contribution in [3.8, 4) is 11.3 Å². The van der Waals surface area contributed by atoms with Crippen molar-refractivity contribution in [2.45, 2.75) is 6.42 Å². The van der Waals surface area contributed by atoms with Crippen LogP contribution in [-0.4, -0.2) is 42.2 Å². The minimum atomic E-state index is -0.879. The number of dihydropyridines is 1. The Kier molecular flexibility index (Phi) is 5.88. The third-order valence-electron chi connectivity index (χ3n) is 3.88. The molecule has 0 bridgehead atoms.